The van der Waals surface area contributed by atoms with Crippen LogP contribution < -0.4 is 5.32 Å². The predicted octanol–water partition coefficient (Wildman–Crippen LogP) is 1.48. The maximum absolute atomic E-state index is 14.0. The first kappa shape index (κ1) is 17.4. The Kier molecular flexibility index (Phi) is 5.68. The lowest BCUT2D eigenvalue weighted by atomic mass is 10.2. The number of sulfone groups is 1. The number of rotatable bonds is 6. The molecule has 2 N–H and O–H groups in total. The van der Waals surface area contributed by atoms with Gasteiger partial charge in [-0.3, -0.25) is 4.79 Å². The Morgan fingerprint density at radius 1 is 1.38 bits per heavy atom. The van der Waals surface area contributed by atoms with Crippen LogP contribution in [0.25, 0.3) is 0 Å². The molecule has 1 amide bonds. The van der Waals surface area contributed by atoms with Gasteiger partial charge in [0.1, 0.15) is 10.6 Å². The van der Waals surface area contributed by atoms with E-state index in [0.717, 1.165) is 12.1 Å². The Bertz CT molecular complexity index is 674. The summed E-state index contributed by atoms with van der Waals surface area (Å²) in [6.07, 6.45) is 0.612. The first-order chi connectivity index (χ1) is 9.69. The maximum Gasteiger partial charge on any atom is 0.338 e. The highest BCUT2D eigenvalue weighted by molar-refractivity contribution is 7.92. The molecule has 0 aromatic heterocycles. The van der Waals surface area contributed by atoms with Gasteiger partial charge < -0.3 is 10.4 Å². The summed E-state index contributed by atoms with van der Waals surface area (Å²) in [6.45, 7) is 2.07. The average Bonchev–Trinajstić information content (AvgIpc) is 2.37. The van der Waals surface area contributed by atoms with Crippen molar-refractivity contribution in [2.24, 2.45) is 0 Å². The Morgan fingerprint density at radius 2 is 2.00 bits per heavy atom. The van der Waals surface area contributed by atoms with Gasteiger partial charge in [-0.15, -0.1) is 0 Å². The SMILES string of the molecule is CCCNC(=O)CS(=O)(=O)c1cc(Cl)cc(C(=O)O)c1F. The minimum atomic E-state index is -4.33. The van der Waals surface area contributed by atoms with Crippen molar-refractivity contribution in [1.82, 2.24) is 5.32 Å². The molecule has 1 aromatic carbocycles. The molecule has 1 aromatic rings. The molecule has 6 nitrogen and oxygen atoms in total. The second-order valence-corrected chi connectivity index (χ2v) is 6.57. The number of benzene rings is 1. The zero-order valence-electron chi connectivity index (χ0n) is 11.0. The number of carbonyl (C=O) groups is 2. The van der Waals surface area contributed by atoms with Crippen molar-refractivity contribution in [3.63, 3.8) is 0 Å². The number of aromatic carboxylic acids is 1. The lowest BCUT2D eigenvalue weighted by molar-refractivity contribution is -0.118. The molecule has 1 rings (SSSR count). The molecule has 0 unspecified atom stereocenters. The van der Waals surface area contributed by atoms with Crippen LogP contribution in [0.3, 0.4) is 0 Å². The lowest BCUT2D eigenvalue weighted by Crippen LogP contribution is -2.31. The fourth-order valence-corrected chi connectivity index (χ4v) is 3.09. The number of carbonyl (C=O) groups excluding carboxylic acids is 1. The van der Waals surface area contributed by atoms with Crippen LogP contribution in [0, 0.1) is 5.82 Å². The van der Waals surface area contributed by atoms with E-state index in [-0.39, 0.29) is 11.6 Å². The molecule has 0 spiro atoms. The van der Waals surface area contributed by atoms with E-state index in [1.807, 2.05) is 0 Å². The Labute approximate surface area is 125 Å². The number of carboxylic acid groups (broad SMARTS) is 1. The first-order valence-corrected chi connectivity index (χ1v) is 7.94. The number of amides is 1. The van der Waals surface area contributed by atoms with Gasteiger partial charge in [0, 0.05) is 11.6 Å². The molecule has 21 heavy (non-hydrogen) atoms. The third-order valence-corrected chi connectivity index (χ3v) is 4.29. The van der Waals surface area contributed by atoms with E-state index >= 15 is 0 Å². The van der Waals surface area contributed by atoms with Crippen molar-refractivity contribution < 1.29 is 27.5 Å². The van der Waals surface area contributed by atoms with E-state index in [4.69, 9.17) is 16.7 Å². The highest BCUT2D eigenvalue weighted by atomic mass is 35.5. The van der Waals surface area contributed by atoms with Crippen molar-refractivity contribution in [1.29, 1.82) is 0 Å². The lowest BCUT2D eigenvalue weighted by Gasteiger charge is -2.09. The summed E-state index contributed by atoms with van der Waals surface area (Å²) in [7, 11) is -4.33. The minimum Gasteiger partial charge on any atom is -0.478 e. The van der Waals surface area contributed by atoms with E-state index < -0.39 is 43.7 Å². The van der Waals surface area contributed by atoms with Crippen LogP contribution in [-0.2, 0) is 14.6 Å². The van der Waals surface area contributed by atoms with Gasteiger partial charge in [-0.2, -0.15) is 0 Å². The van der Waals surface area contributed by atoms with Crippen molar-refractivity contribution in [3.05, 3.63) is 28.5 Å². The zero-order valence-corrected chi connectivity index (χ0v) is 12.6. The summed E-state index contributed by atoms with van der Waals surface area (Å²) < 4.78 is 38.0. The monoisotopic (exact) mass is 337 g/mol. The number of hydrogen-bond donors (Lipinski definition) is 2. The van der Waals surface area contributed by atoms with Crippen molar-refractivity contribution >= 4 is 33.3 Å². The summed E-state index contributed by atoms with van der Waals surface area (Å²) in [5.41, 5.74) is -0.866. The van der Waals surface area contributed by atoms with Crippen LogP contribution in [0.15, 0.2) is 17.0 Å². The highest BCUT2D eigenvalue weighted by Gasteiger charge is 2.27. The van der Waals surface area contributed by atoms with Gasteiger partial charge in [0.05, 0.1) is 5.56 Å². The van der Waals surface area contributed by atoms with Gasteiger partial charge in [-0.25, -0.2) is 17.6 Å². The van der Waals surface area contributed by atoms with Crippen LogP contribution in [0.5, 0.6) is 0 Å². The summed E-state index contributed by atoms with van der Waals surface area (Å²) >= 11 is 5.60. The van der Waals surface area contributed by atoms with Gasteiger partial charge in [-0.1, -0.05) is 18.5 Å². The second-order valence-electron chi connectivity index (χ2n) is 4.18. The molecular weight excluding hydrogens is 325 g/mol. The van der Waals surface area contributed by atoms with Gasteiger partial charge in [0.25, 0.3) is 0 Å². The minimum absolute atomic E-state index is 0.249. The molecule has 0 aliphatic rings. The van der Waals surface area contributed by atoms with Crippen LogP contribution in [0.4, 0.5) is 4.39 Å². The fourth-order valence-electron chi connectivity index (χ4n) is 1.51. The Balaban J connectivity index is 3.20. The van der Waals surface area contributed by atoms with E-state index in [2.05, 4.69) is 5.32 Å². The quantitative estimate of drug-likeness (QED) is 0.818. The average molecular weight is 338 g/mol. The van der Waals surface area contributed by atoms with Crippen molar-refractivity contribution in [2.45, 2.75) is 18.2 Å². The fraction of sp³-hybridized carbons (Fsp3) is 0.333. The molecule has 0 saturated heterocycles. The van der Waals surface area contributed by atoms with E-state index in [1.54, 1.807) is 6.92 Å². The van der Waals surface area contributed by atoms with Crippen LogP contribution in [-0.4, -0.2) is 37.7 Å². The van der Waals surface area contributed by atoms with Crippen LogP contribution >= 0.6 is 11.6 Å². The molecule has 116 valence electrons. The molecule has 0 radical (unpaired) electrons. The summed E-state index contributed by atoms with van der Waals surface area (Å²) in [6, 6.07) is 1.58. The third-order valence-electron chi connectivity index (χ3n) is 2.46. The molecule has 0 saturated carbocycles. The van der Waals surface area contributed by atoms with Crippen molar-refractivity contribution in [3.8, 4) is 0 Å². The predicted molar refractivity (Wildman–Crippen MR) is 73.7 cm³/mol. The van der Waals surface area contributed by atoms with Gasteiger partial charge in [0.2, 0.25) is 5.91 Å². The van der Waals surface area contributed by atoms with Crippen LogP contribution in [0.2, 0.25) is 5.02 Å². The largest absolute Gasteiger partial charge is 0.478 e. The smallest absolute Gasteiger partial charge is 0.338 e. The highest BCUT2D eigenvalue weighted by Crippen LogP contribution is 2.24. The van der Waals surface area contributed by atoms with E-state index in [1.165, 1.54) is 0 Å². The Morgan fingerprint density at radius 3 is 2.52 bits per heavy atom. The summed E-state index contributed by atoms with van der Waals surface area (Å²) in [5.74, 6) is -4.87. The molecule has 0 heterocycles. The molecule has 0 fully saturated rings. The number of carboxylic acids is 1. The molecule has 0 aliphatic heterocycles. The number of halogens is 2. The molecular formula is C12H13ClFNO5S. The van der Waals surface area contributed by atoms with Gasteiger partial charge in [-0.05, 0) is 18.6 Å². The second kappa shape index (κ2) is 6.86. The standard InChI is InChI=1S/C12H13ClFNO5S/c1-2-3-15-10(16)6-21(19,20)9-5-7(13)4-8(11(9)14)12(17)18/h4-5H,2-3,6H2,1H3,(H,15,16)(H,17,18). The zero-order chi connectivity index (χ0) is 16.2. The molecule has 9 heteroatoms. The normalized spacial score (nSPS) is 11.2. The number of hydrogen-bond acceptors (Lipinski definition) is 4. The topological polar surface area (TPSA) is 101 Å². The van der Waals surface area contributed by atoms with E-state index in [9.17, 15) is 22.4 Å². The summed E-state index contributed by atoms with van der Waals surface area (Å²) in [4.78, 5) is 21.4. The van der Waals surface area contributed by atoms with E-state index in [0.29, 0.717) is 6.42 Å². The van der Waals surface area contributed by atoms with Gasteiger partial charge in [0.15, 0.2) is 15.7 Å². The Hall–Kier alpha value is -1.67. The van der Waals surface area contributed by atoms with Crippen molar-refractivity contribution in [2.75, 3.05) is 12.3 Å². The molecule has 0 bridgehead atoms. The van der Waals surface area contributed by atoms with Crippen LogP contribution in [0.1, 0.15) is 23.7 Å². The molecule has 0 atom stereocenters. The third kappa shape index (κ3) is 4.40. The van der Waals surface area contributed by atoms with Gasteiger partial charge >= 0.3 is 5.97 Å². The molecule has 0 aliphatic carbocycles. The number of nitrogens with one attached hydrogen (secondary N) is 1. The maximum atomic E-state index is 14.0. The summed E-state index contributed by atoms with van der Waals surface area (Å²) in [5, 5.41) is 10.9. The first-order valence-electron chi connectivity index (χ1n) is 5.90.